The fourth-order valence-corrected chi connectivity index (χ4v) is 4.28. The van der Waals surface area contributed by atoms with E-state index in [4.69, 9.17) is 4.42 Å². The molecule has 1 aromatic heterocycles. The molecule has 32 heavy (non-hydrogen) atoms. The Hall–Kier alpha value is -4.30. The van der Waals surface area contributed by atoms with Gasteiger partial charge in [-0.1, -0.05) is 91.0 Å². The first-order chi connectivity index (χ1) is 15.8. The first-order valence-corrected chi connectivity index (χ1v) is 10.8. The van der Waals surface area contributed by atoms with E-state index in [0.717, 1.165) is 44.4 Å². The number of anilines is 2. The van der Waals surface area contributed by atoms with Crippen molar-refractivity contribution in [2.75, 3.05) is 5.32 Å². The highest BCUT2D eigenvalue weighted by atomic mass is 16.3. The van der Waals surface area contributed by atoms with E-state index in [0.29, 0.717) is 0 Å². The monoisotopic (exact) mass is 411 g/mol. The number of nitrogens with one attached hydrogen (secondary N) is 1. The Kier molecular flexibility index (Phi) is 4.47. The third-order valence-corrected chi connectivity index (χ3v) is 5.86. The van der Waals surface area contributed by atoms with E-state index in [9.17, 15) is 0 Å². The Bertz CT molecular complexity index is 1530. The molecule has 0 spiro atoms. The summed E-state index contributed by atoms with van der Waals surface area (Å²) >= 11 is 0. The molecule has 0 bridgehead atoms. The molecule has 1 heterocycles. The number of hydrogen-bond donors (Lipinski definition) is 1. The van der Waals surface area contributed by atoms with E-state index in [1.807, 2.05) is 18.2 Å². The van der Waals surface area contributed by atoms with Crippen LogP contribution in [0.4, 0.5) is 11.4 Å². The van der Waals surface area contributed by atoms with Crippen molar-refractivity contribution < 1.29 is 4.42 Å². The van der Waals surface area contributed by atoms with Crippen molar-refractivity contribution in [3.8, 4) is 22.3 Å². The van der Waals surface area contributed by atoms with Crippen molar-refractivity contribution in [2.24, 2.45) is 0 Å². The molecule has 6 aromatic rings. The molecule has 152 valence electrons. The van der Waals surface area contributed by atoms with Crippen LogP contribution >= 0.6 is 0 Å². The summed E-state index contributed by atoms with van der Waals surface area (Å²) in [7, 11) is 0. The minimum Gasteiger partial charge on any atom is -0.455 e. The summed E-state index contributed by atoms with van der Waals surface area (Å²) in [6, 6.07) is 42.0. The third kappa shape index (κ3) is 3.32. The fourth-order valence-electron chi connectivity index (χ4n) is 4.28. The van der Waals surface area contributed by atoms with Crippen LogP contribution in [0, 0.1) is 0 Å². The molecule has 0 saturated heterocycles. The summed E-state index contributed by atoms with van der Waals surface area (Å²) in [5.74, 6) is 0. The maximum absolute atomic E-state index is 6.20. The summed E-state index contributed by atoms with van der Waals surface area (Å²) in [4.78, 5) is 0. The highest BCUT2D eigenvalue weighted by molar-refractivity contribution is 6.09. The topological polar surface area (TPSA) is 25.2 Å². The summed E-state index contributed by atoms with van der Waals surface area (Å²) in [5, 5.41) is 5.83. The van der Waals surface area contributed by atoms with Gasteiger partial charge in [0.2, 0.25) is 0 Å². The van der Waals surface area contributed by atoms with Crippen molar-refractivity contribution in [3.63, 3.8) is 0 Å². The van der Waals surface area contributed by atoms with Gasteiger partial charge in [0.05, 0.1) is 0 Å². The van der Waals surface area contributed by atoms with Crippen LogP contribution in [0.1, 0.15) is 0 Å². The van der Waals surface area contributed by atoms with E-state index < -0.39 is 0 Å². The molecule has 2 heteroatoms. The lowest BCUT2D eigenvalue weighted by Gasteiger charge is -2.10. The predicted octanol–water partition coefficient (Wildman–Crippen LogP) is 8.66. The van der Waals surface area contributed by atoms with Gasteiger partial charge in [0.1, 0.15) is 11.2 Å². The van der Waals surface area contributed by atoms with Crippen LogP contribution < -0.4 is 5.32 Å². The number of para-hydroxylation sites is 2. The normalized spacial score (nSPS) is 11.1. The molecule has 0 aliphatic carbocycles. The summed E-state index contributed by atoms with van der Waals surface area (Å²) in [5.41, 5.74) is 8.63. The van der Waals surface area contributed by atoms with E-state index in [-0.39, 0.29) is 0 Å². The Morgan fingerprint density at radius 2 is 1.19 bits per heavy atom. The first-order valence-electron chi connectivity index (χ1n) is 10.8. The van der Waals surface area contributed by atoms with Gasteiger partial charge in [0.15, 0.2) is 0 Å². The minimum absolute atomic E-state index is 0.923. The number of hydrogen-bond acceptors (Lipinski definition) is 2. The summed E-state index contributed by atoms with van der Waals surface area (Å²) in [6.45, 7) is 0. The molecule has 1 N–H and O–H groups in total. The second-order valence-electron chi connectivity index (χ2n) is 7.93. The lowest BCUT2D eigenvalue weighted by molar-refractivity contribution is 0.670. The smallest absolute Gasteiger partial charge is 0.143 e. The quantitative estimate of drug-likeness (QED) is 0.314. The second-order valence-corrected chi connectivity index (χ2v) is 7.93. The van der Waals surface area contributed by atoms with Crippen LogP contribution in [0.2, 0.25) is 0 Å². The van der Waals surface area contributed by atoms with E-state index >= 15 is 0 Å². The lowest BCUT2D eigenvalue weighted by atomic mass is 10.0. The second kappa shape index (κ2) is 7.75. The summed E-state index contributed by atoms with van der Waals surface area (Å²) in [6.07, 6.45) is 0. The molecule has 0 aliphatic rings. The lowest BCUT2D eigenvalue weighted by Crippen LogP contribution is -1.91. The molecule has 5 aromatic carbocycles. The standard InChI is InChI=1S/C30H21NO/c1-2-8-21(9-3-1)23-10-6-11-25(20-23)31-24-18-16-22(17-19-24)26-13-7-14-28-27-12-4-5-15-29(27)32-30(26)28/h1-20,31H. The Morgan fingerprint density at radius 1 is 0.469 bits per heavy atom. The number of benzene rings is 5. The largest absolute Gasteiger partial charge is 0.455 e. The first kappa shape index (κ1) is 18.5. The van der Waals surface area contributed by atoms with Gasteiger partial charge in [0.25, 0.3) is 0 Å². The maximum Gasteiger partial charge on any atom is 0.143 e. The number of fused-ring (bicyclic) bond motifs is 3. The molecular formula is C30H21NO. The van der Waals surface area contributed by atoms with Gasteiger partial charge in [-0.25, -0.2) is 0 Å². The summed E-state index contributed by atoms with van der Waals surface area (Å²) < 4.78 is 6.20. The zero-order valence-electron chi connectivity index (χ0n) is 17.5. The molecular weight excluding hydrogens is 390 g/mol. The SMILES string of the molecule is c1ccc(-c2cccc(Nc3ccc(-c4cccc5c4oc4ccccc45)cc3)c2)cc1. The molecule has 0 fully saturated rings. The predicted molar refractivity (Wildman–Crippen MR) is 134 cm³/mol. The molecule has 0 saturated carbocycles. The number of rotatable bonds is 4. The zero-order valence-corrected chi connectivity index (χ0v) is 17.5. The average molecular weight is 412 g/mol. The van der Waals surface area contributed by atoms with Crippen molar-refractivity contribution in [2.45, 2.75) is 0 Å². The van der Waals surface area contributed by atoms with Crippen LogP contribution in [-0.2, 0) is 0 Å². The highest BCUT2D eigenvalue weighted by Gasteiger charge is 2.11. The van der Waals surface area contributed by atoms with Gasteiger partial charge >= 0.3 is 0 Å². The molecule has 2 nitrogen and oxygen atoms in total. The van der Waals surface area contributed by atoms with Crippen LogP contribution in [0.15, 0.2) is 126 Å². The Labute approximate surface area is 186 Å². The Balaban J connectivity index is 1.31. The van der Waals surface area contributed by atoms with Crippen molar-refractivity contribution in [3.05, 3.63) is 121 Å². The van der Waals surface area contributed by atoms with Gasteiger partial charge < -0.3 is 9.73 Å². The average Bonchev–Trinajstić information content (AvgIpc) is 3.24. The Morgan fingerprint density at radius 3 is 2.06 bits per heavy atom. The molecule has 0 radical (unpaired) electrons. The molecule has 0 unspecified atom stereocenters. The fraction of sp³-hybridized carbons (Fsp3) is 0. The highest BCUT2D eigenvalue weighted by Crippen LogP contribution is 2.36. The van der Waals surface area contributed by atoms with E-state index in [1.165, 1.54) is 11.1 Å². The molecule has 0 amide bonds. The maximum atomic E-state index is 6.20. The zero-order chi connectivity index (χ0) is 21.3. The van der Waals surface area contributed by atoms with Crippen molar-refractivity contribution in [1.82, 2.24) is 0 Å². The number of furan rings is 1. The van der Waals surface area contributed by atoms with E-state index in [1.54, 1.807) is 0 Å². The minimum atomic E-state index is 0.923. The van der Waals surface area contributed by atoms with Crippen LogP contribution in [0.3, 0.4) is 0 Å². The van der Waals surface area contributed by atoms with Gasteiger partial charge in [-0.15, -0.1) is 0 Å². The van der Waals surface area contributed by atoms with Gasteiger partial charge in [0, 0.05) is 27.7 Å². The van der Waals surface area contributed by atoms with E-state index in [2.05, 4.69) is 108 Å². The van der Waals surface area contributed by atoms with Gasteiger partial charge in [-0.3, -0.25) is 0 Å². The van der Waals surface area contributed by atoms with Crippen LogP contribution in [0.5, 0.6) is 0 Å². The third-order valence-electron chi connectivity index (χ3n) is 5.86. The molecule has 6 rings (SSSR count). The molecule has 0 aliphatic heterocycles. The van der Waals surface area contributed by atoms with Crippen molar-refractivity contribution in [1.29, 1.82) is 0 Å². The van der Waals surface area contributed by atoms with Gasteiger partial charge in [-0.2, -0.15) is 0 Å². The van der Waals surface area contributed by atoms with Crippen molar-refractivity contribution >= 4 is 33.3 Å². The molecule has 0 atom stereocenters. The van der Waals surface area contributed by atoms with Gasteiger partial charge in [-0.05, 0) is 47.0 Å². The van der Waals surface area contributed by atoms with Crippen LogP contribution in [0.25, 0.3) is 44.2 Å². The van der Waals surface area contributed by atoms with Crippen LogP contribution in [-0.4, -0.2) is 0 Å².